The van der Waals surface area contributed by atoms with Crippen LogP contribution in [0.5, 0.6) is 0 Å². The molecule has 24 heavy (non-hydrogen) atoms. The standard InChI is InChI=1S/C16H14Cl2N2O4/c17-9-3-4-10(11(18)6-9)14(21)19-20-15(22)12-7-1-2-8(5-7)13(12)16(23)24/h1-4,6-8,12-13H,5H2,(H,19,21)(H,20,22)(H,23,24)/t7-,8-,12+,13-/m0/s1. The number of hydrogen-bond acceptors (Lipinski definition) is 3. The first kappa shape index (κ1) is 16.8. The van der Waals surface area contributed by atoms with Crippen LogP contribution in [-0.4, -0.2) is 22.9 Å². The summed E-state index contributed by atoms with van der Waals surface area (Å²) in [5.74, 6) is -3.83. The van der Waals surface area contributed by atoms with E-state index in [4.69, 9.17) is 23.2 Å². The summed E-state index contributed by atoms with van der Waals surface area (Å²) in [4.78, 5) is 35.8. The van der Waals surface area contributed by atoms with Crippen LogP contribution < -0.4 is 10.9 Å². The predicted octanol–water partition coefficient (Wildman–Crippen LogP) is 2.28. The van der Waals surface area contributed by atoms with Crippen molar-refractivity contribution < 1.29 is 19.5 Å². The molecule has 0 unspecified atom stereocenters. The molecule has 1 saturated carbocycles. The van der Waals surface area contributed by atoms with Crippen molar-refractivity contribution in [2.45, 2.75) is 6.42 Å². The minimum absolute atomic E-state index is 0.118. The van der Waals surface area contributed by atoms with Gasteiger partial charge in [-0.3, -0.25) is 25.2 Å². The predicted molar refractivity (Wildman–Crippen MR) is 87.4 cm³/mol. The largest absolute Gasteiger partial charge is 0.481 e. The number of fused-ring (bicyclic) bond motifs is 2. The molecule has 2 aliphatic carbocycles. The molecule has 1 fully saturated rings. The second-order valence-corrected chi connectivity index (χ2v) is 6.75. The lowest BCUT2D eigenvalue weighted by Crippen LogP contribution is -2.48. The van der Waals surface area contributed by atoms with Gasteiger partial charge >= 0.3 is 5.97 Å². The average molecular weight is 369 g/mol. The molecule has 0 radical (unpaired) electrons. The topological polar surface area (TPSA) is 95.5 Å². The molecule has 0 heterocycles. The zero-order valence-corrected chi connectivity index (χ0v) is 13.8. The van der Waals surface area contributed by atoms with Gasteiger partial charge in [0.25, 0.3) is 5.91 Å². The number of amides is 2. The molecule has 2 aliphatic rings. The normalized spacial score (nSPS) is 27.1. The lowest BCUT2D eigenvalue weighted by atomic mass is 9.82. The zero-order chi connectivity index (χ0) is 17.4. The van der Waals surface area contributed by atoms with E-state index in [-0.39, 0.29) is 22.4 Å². The summed E-state index contributed by atoms with van der Waals surface area (Å²) < 4.78 is 0. The van der Waals surface area contributed by atoms with Gasteiger partial charge in [-0.05, 0) is 36.5 Å². The van der Waals surface area contributed by atoms with Gasteiger partial charge in [0.2, 0.25) is 5.91 Å². The van der Waals surface area contributed by atoms with Crippen molar-refractivity contribution in [1.29, 1.82) is 0 Å². The van der Waals surface area contributed by atoms with Crippen molar-refractivity contribution in [2.24, 2.45) is 23.7 Å². The van der Waals surface area contributed by atoms with Crippen LogP contribution in [-0.2, 0) is 9.59 Å². The van der Waals surface area contributed by atoms with Crippen LogP contribution in [0.1, 0.15) is 16.8 Å². The Morgan fingerprint density at radius 3 is 2.33 bits per heavy atom. The van der Waals surface area contributed by atoms with Gasteiger partial charge in [0.05, 0.1) is 22.4 Å². The van der Waals surface area contributed by atoms with Gasteiger partial charge in [-0.1, -0.05) is 35.4 Å². The van der Waals surface area contributed by atoms with E-state index in [0.717, 1.165) is 0 Å². The van der Waals surface area contributed by atoms with Gasteiger partial charge in [0.15, 0.2) is 0 Å². The molecule has 4 atom stereocenters. The molecule has 8 heteroatoms. The second kappa shape index (κ2) is 6.45. The molecule has 126 valence electrons. The van der Waals surface area contributed by atoms with Crippen LogP contribution in [0.3, 0.4) is 0 Å². The van der Waals surface area contributed by atoms with Crippen LogP contribution in [0.2, 0.25) is 10.0 Å². The van der Waals surface area contributed by atoms with Crippen molar-refractivity contribution >= 4 is 41.0 Å². The van der Waals surface area contributed by atoms with Gasteiger partial charge in [-0.2, -0.15) is 0 Å². The lowest BCUT2D eigenvalue weighted by molar-refractivity contribution is -0.148. The van der Waals surface area contributed by atoms with Crippen molar-refractivity contribution in [3.8, 4) is 0 Å². The molecule has 0 saturated heterocycles. The molecular formula is C16H14Cl2N2O4. The molecule has 0 aliphatic heterocycles. The Hall–Kier alpha value is -2.05. The van der Waals surface area contributed by atoms with Gasteiger partial charge in [0, 0.05) is 5.02 Å². The molecule has 1 aromatic rings. The maximum absolute atomic E-state index is 12.3. The smallest absolute Gasteiger partial charge is 0.307 e. The Morgan fingerprint density at radius 1 is 1.04 bits per heavy atom. The molecule has 0 spiro atoms. The summed E-state index contributed by atoms with van der Waals surface area (Å²) in [6.07, 6.45) is 4.36. The number of carboxylic acids is 1. The maximum atomic E-state index is 12.3. The minimum Gasteiger partial charge on any atom is -0.481 e. The highest BCUT2D eigenvalue weighted by atomic mass is 35.5. The van der Waals surface area contributed by atoms with E-state index in [2.05, 4.69) is 10.9 Å². The second-order valence-electron chi connectivity index (χ2n) is 5.91. The maximum Gasteiger partial charge on any atom is 0.307 e. The number of aliphatic carboxylic acids is 1. The molecule has 3 rings (SSSR count). The summed E-state index contributed by atoms with van der Waals surface area (Å²) >= 11 is 11.7. The monoisotopic (exact) mass is 368 g/mol. The number of nitrogens with one attached hydrogen (secondary N) is 2. The van der Waals surface area contributed by atoms with E-state index in [1.54, 1.807) is 0 Å². The van der Waals surface area contributed by atoms with E-state index in [1.807, 2.05) is 12.2 Å². The van der Waals surface area contributed by atoms with Crippen molar-refractivity contribution in [1.82, 2.24) is 10.9 Å². The van der Waals surface area contributed by atoms with E-state index in [1.165, 1.54) is 18.2 Å². The zero-order valence-electron chi connectivity index (χ0n) is 12.3. The van der Waals surface area contributed by atoms with Crippen LogP contribution in [0.15, 0.2) is 30.4 Å². The van der Waals surface area contributed by atoms with E-state index in [9.17, 15) is 19.5 Å². The van der Waals surface area contributed by atoms with Gasteiger partial charge in [-0.25, -0.2) is 0 Å². The molecule has 3 N–H and O–H groups in total. The number of halogens is 2. The fourth-order valence-electron chi connectivity index (χ4n) is 3.46. The van der Waals surface area contributed by atoms with Crippen LogP contribution in [0, 0.1) is 23.7 Å². The van der Waals surface area contributed by atoms with E-state index < -0.39 is 29.6 Å². The molecule has 2 bridgehead atoms. The number of carboxylic acid groups (broad SMARTS) is 1. The summed E-state index contributed by atoms with van der Waals surface area (Å²) in [5.41, 5.74) is 4.74. The first-order valence-electron chi connectivity index (χ1n) is 7.35. The number of carbonyl (C=O) groups excluding carboxylic acids is 2. The fraction of sp³-hybridized carbons (Fsp3) is 0.312. The first-order chi connectivity index (χ1) is 11.4. The highest BCUT2D eigenvalue weighted by Crippen LogP contribution is 2.48. The van der Waals surface area contributed by atoms with Crippen LogP contribution in [0.4, 0.5) is 0 Å². The molecule has 2 amide bonds. The Bertz CT molecular complexity index is 750. The highest BCUT2D eigenvalue weighted by molar-refractivity contribution is 6.36. The third-order valence-electron chi connectivity index (χ3n) is 4.52. The van der Waals surface area contributed by atoms with E-state index >= 15 is 0 Å². The number of benzene rings is 1. The molecule has 6 nitrogen and oxygen atoms in total. The summed E-state index contributed by atoms with van der Waals surface area (Å²) in [7, 11) is 0. The van der Waals surface area contributed by atoms with Gasteiger partial charge < -0.3 is 5.11 Å². The van der Waals surface area contributed by atoms with Crippen molar-refractivity contribution in [2.75, 3.05) is 0 Å². The average Bonchev–Trinajstić information content (AvgIpc) is 3.13. The molecule has 1 aromatic carbocycles. The number of allylic oxidation sites excluding steroid dienone is 2. The van der Waals surface area contributed by atoms with Gasteiger partial charge in [0.1, 0.15) is 0 Å². The lowest BCUT2D eigenvalue weighted by Gasteiger charge is -2.23. The molecular weight excluding hydrogens is 355 g/mol. The number of hydrogen-bond donors (Lipinski definition) is 3. The Balaban J connectivity index is 1.66. The Kier molecular flexibility index (Phi) is 4.51. The number of hydrazine groups is 1. The number of rotatable bonds is 3. The van der Waals surface area contributed by atoms with Crippen LogP contribution in [0.25, 0.3) is 0 Å². The fourth-order valence-corrected chi connectivity index (χ4v) is 3.95. The third kappa shape index (κ3) is 2.99. The van der Waals surface area contributed by atoms with Crippen molar-refractivity contribution in [3.63, 3.8) is 0 Å². The van der Waals surface area contributed by atoms with Gasteiger partial charge in [-0.15, -0.1) is 0 Å². The number of carbonyl (C=O) groups is 3. The van der Waals surface area contributed by atoms with Crippen LogP contribution >= 0.6 is 23.2 Å². The van der Waals surface area contributed by atoms with Crippen molar-refractivity contribution in [3.05, 3.63) is 46.0 Å². The quantitative estimate of drug-likeness (QED) is 0.563. The summed E-state index contributed by atoms with van der Waals surface area (Å²) in [6.45, 7) is 0. The van der Waals surface area contributed by atoms with E-state index in [0.29, 0.717) is 11.4 Å². The summed E-state index contributed by atoms with van der Waals surface area (Å²) in [5, 5.41) is 9.88. The Labute approximate surface area is 147 Å². The minimum atomic E-state index is -1.00. The third-order valence-corrected chi connectivity index (χ3v) is 5.07. The Morgan fingerprint density at radius 2 is 1.71 bits per heavy atom. The first-order valence-corrected chi connectivity index (χ1v) is 8.10. The highest BCUT2D eigenvalue weighted by Gasteiger charge is 2.51. The summed E-state index contributed by atoms with van der Waals surface area (Å²) in [6, 6.07) is 4.36. The molecule has 0 aromatic heterocycles. The SMILES string of the molecule is O=C(NNC(=O)[C@H]1[C@@H](C(=O)O)[C@H]2C=C[C@H]1C2)c1ccc(Cl)cc1Cl.